The van der Waals surface area contributed by atoms with Crippen LogP contribution in [0.4, 0.5) is 4.39 Å². The minimum Gasteiger partial charge on any atom is -0.381 e. The topological polar surface area (TPSA) is 66.0 Å². The van der Waals surface area contributed by atoms with E-state index >= 15 is 0 Å². The van der Waals surface area contributed by atoms with E-state index in [0.717, 1.165) is 31.7 Å². The number of benzene rings is 1. The van der Waals surface area contributed by atoms with Crippen molar-refractivity contribution in [3.8, 4) is 0 Å². The fraction of sp³-hybridized carbons (Fsp3) is 0.556. The Labute approximate surface area is 171 Å². The number of amides is 1. The third kappa shape index (κ3) is 8.31. The van der Waals surface area contributed by atoms with E-state index in [-0.39, 0.29) is 42.2 Å². The molecule has 1 unspecified atom stereocenters. The molecule has 1 aromatic rings. The Bertz CT molecular complexity index is 592. The van der Waals surface area contributed by atoms with Gasteiger partial charge in [-0.05, 0) is 30.5 Å². The average Bonchev–Trinajstić information content (AvgIpc) is 3.10. The first-order valence-electron chi connectivity index (χ1n) is 8.59. The summed E-state index contributed by atoms with van der Waals surface area (Å²) in [5.74, 6) is 0.760. The van der Waals surface area contributed by atoms with Crippen molar-refractivity contribution in [3.63, 3.8) is 0 Å². The van der Waals surface area contributed by atoms with Gasteiger partial charge in [-0.25, -0.2) is 9.38 Å². The number of nitrogens with one attached hydrogen (secondary N) is 2. The van der Waals surface area contributed by atoms with E-state index in [1.54, 1.807) is 20.2 Å². The minimum absolute atomic E-state index is 0. The zero-order chi connectivity index (χ0) is 18.1. The molecular formula is C18H28FIN4O2. The molecule has 1 heterocycles. The molecule has 0 bridgehead atoms. The summed E-state index contributed by atoms with van der Waals surface area (Å²) in [6.45, 7) is 2.99. The molecule has 6 nitrogen and oxygen atoms in total. The predicted molar refractivity (Wildman–Crippen MR) is 111 cm³/mol. The van der Waals surface area contributed by atoms with Gasteiger partial charge < -0.3 is 20.3 Å². The highest BCUT2D eigenvalue weighted by molar-refractivity contribution is 14.0. The van der Waals surface area contributed by atoms with Crippen LogP contribution in [0.1, 0.15) is 12.0 Å². The van der Waals surface area contributed by atoms with E-state index < -0.39 is 0 Å². The maximum atomic E-state index is 13.2. The van der Waals surface area contributed by atoms with Gasteiger partial charge in [-0.1, -0.05) is 12.1 Å². The molecule has 26 heavy (non-hydrogen) atoms. The van der Waals surface area contributed by atoms with Crippen LogP contribution in [0.2, 0.25) is 0 Å². The average molecular weight is 478 g/mol. The van der Waals surface area contributed by atoms with Crippen molar-refractivity contribution in [1.29, 1.82) is 0 Å². The number of carbonyl (C=O) groups is 1. The quantitative estimate of drug-likeness (QED) is 0.356. The minimum atomic E-state index is -0.234. The number of aliphatic imine (C=N–C) groups is 1. The van der Waals surface area contributed by atoms with E-state index in [0.29, 0.717) is 24.8 Å². The maximum Gasteiger partial charge on any atom is 0.243 e. The molecule has 0 aromatic heterocycles. The Balaban J connectivity index is 0.00000338. The molecule has 2 rings (SSSR count). The Hall–Kier alpha value is -1.42. The number of hydrogen-bond donors (Lipinski definition) is 2. The van der Waals surface area contributed by atoms with Gasteiger partial charge >= 0.3 is 0 Å². The molecule has 0 aliphatic carbocycles. The first kappa shape index (κ1) is 22.6. The van der Waals surface area contributed by atoms with E-state index in [9.17, 15) is 9.18 Å². The predicted octanol–water partition coefficient (Wildman–Crippen LogP) is 1.65. The number of ether oxygens (including phenoxy) is 1. The maximum absolute atomic E-state index is 13.2. The fourth-order valence-corrected chi connectivity index (χ4v) is 2.47. The standard InChI is InChI=1S/C18H27FN4O2.HI/c1-23(2)17(24)12-22-18(21-11-15-7-9-25-13-15)20-8-6-14-4-3-5-16(19)10-14;/h3-5,10,15H,6-9,11-13H2,1-2H3,(H2,20,21,22);1H. The smallest absolute Gasteiger partial charge is 0.243 e. The van der Waals surface area contributed by atoms with Crippen LogP contribution in [0.3, 0.4) is 0 Å². The Morgan fingerprint density at radius 1 is 1.38 bits per heavy atom. The zero-order valence-corrected chi connectivity index (χ0v) is 17.7. The van der Waals surface area contributed by atoms with Crippen LogP contribution in [0, 0.1) is 11.7 Å². The molecule has 0 radical (unpaired) electrons. The molecule has 0 saturated carbocycles. The lowest BCUT2D eigenvalue weighted by atomic mass is 10.1. The Morgan fingerprint density at radius 2 is 2.19 bits per heavy atom. The van der Waals surface area contributed by atoms with E-state index in [1.807, 2.05) is 6.07 Å². The van der Waals surface area contributed by atoms with Crippen LogP contribution in [0.25, 0.3) is 0 Å². The molecule has 1 aliphatic heterocycles. The summed E-state index contributed by atoms with van der Waals surface area (Å²) in [5, 5.41) is 6.48. The molecule has 1 atom stereocenters. The van der Waals surface area contributed by atoms with Crippen LogP contribution >= 0.6 is 24.0 Å². The summed E-state index contributed by atoms with van der Waals surface area (Å²) in [7, 11) is 3.41. The molecule has 146 valence electrons. The summed E-state index contributed by atoms with van der Waals surface area (Å²) < 4.78 is 18.6. The number of rotatable bonds is 7. The Kier molecular flexibility index (Phi) is 10.5. The van der Waals surface area contributed by atoms with Gasteiger partial charge in [0.05, 0.1) is 6.61 Å². The number of likely N-dealkylation sites (N-methyl/N-ethyl adjacent to an activating group) is 1. The van der Waals surface area contributed by atoms with Gasteiger partial charge in [-0.2, -0.15) is 0 Å². The van der Waals surface area contributed by atoms with Gasteiger partial charge in [0.2, 0.25) is 5.91 Å². The lowest BCUT2D eigenvalue weighted by Crippen LogP contribution is -2.41. The molecular weight excluding hydrogens is 450 g/mol. The van der Waals surface area contributed by atoms with E-state index in [1.165, 1.54) is 17.0 Å². The lowest BCUT2D eigenvalue weighted by Gasteiger charge is -2.16. The van der Waals surface area contributed by atoms with Gasteiger partial charge in [0.25, 0.3) is 0 Å². The third-order valence-corrected chi connectivity index (χ3v) is 4.05. The molecule has 0 spiro atoms. The van der Waals surface area contributed by atoms with Crippen LogP contribution in [0.5, 0.6) is 0 Å². The summed E-state index contributed by atoms with van der Waals surface area (Å²) in [6, 6.07) is 6.55. The summed E-state index contributed by atoms with van der Waals surface area (Å²) in [5.41, 5.74) is 0.917. The van der Waals surface area contributed by atoms with Gasteiger partial charge in [0, 0.05) is 39.7 Å². The van der Waals surface area contributed by atoms with Crippen molar-refractivity contribution in [2.45, 2.75) is 12.8 Å². The Morgan fingerprint density at radius 3 is 2.85 bits per heavy atom. The summed E-state index contributed by atoms with van der Waals surface area (Å²) >= 11 is 0. The largest absolute Gasteiger partial charge is 0.381 e. The normalized spacial score (nSPS) is 16.7. The zero-order valence-electron chi connectivity index (χ0n) is 15.3. The van der Waals surface area contributed by atoms with Gasteiger partial charge in [0.1, 0.15) is 12.4 Å². The first-order valence-corrected chi connectivity index (χ1v) is 8.59. The van der Waals surface area contributed by atoms with Gasteiger partial charge in [-0.15, -0.1) is 24.0 Å². The van der Waals surface area contributed by atoms with Crippen LogP contribution < -0.4 is 10.6 Å². The van der Waals surface area contributed by atoms with Crippen molar-refractivity contribution in [2.24, 2.45) is 10.9 Å². The van der Waals surface area contributed by atoms with Crippen molar-refractivity contribution in [2.75, 3.05) is 46.9 Å². The highest BCUT2D eigenvalue weighted by atomic mass is 127. The molecule has 8 heteroatoms. The number of halogens is 2. The van der Waals surface area contributed by atoms with Gasteiger partial charge in [-0.3, -0.25) is 4.79 Å². The van der Waals surface area contributed by atoms with Crippen LogP contribution in [-0.4, -0.2) is 63.7 Å². The van der Waals surface area contributed by atoms with Crippen molar-refractivity contribution in [3.05, 3.63) is 35.6 Å². The second-order valence-corrected chi connectivity index (χ2v) is 6.37. The van der Waals surface area contributed by atoms with Crippen molar-refractivity contribution < 1.29 is 13.9 Å². The molecule has 1 saturated heterocycles. The highest BCUT2D eigenvalue weighted by Gasteiger charge is 2.16. The first-order chi connectivity index (χ1) is 12.0. The van der Waals surface area contributed by atoms with Crippen LogP contribution in [-0.2, 0) is 16.0 Å². The van der Waals surface area contributed by atoms with Crippen molar-refractivity contribution >= 4 is 35.8 Å². The molecule has 1 aromatic carbocycles. The molecule has 2 N–H and O–H groups in total. The number of guanidine groups is 1. The van der Waals surface area contributed by atoms with Crippen molar-refractivity contribution in [1.82, 2.24) is 15.5 Å². The molecule has 1 amide bonds. The summed E-state index contributed by atoms with van der Waals surface area (Å²) in [6.07, 6.45) is 1.70. The lowest BCUT2D eigenvalue weighted by molar-refractivity contribution is -0.127. The van der Waals surface area contributed by atoms with Gasteiger partial charge in [0.15, 0.2) is 5.96 Å². The number of nitrogens with zero attached hydrogens (tertiary/aromatic N) is 2. The third-order valence-electron chi connectivity index (χ3n) is 4.05. The molecule has 1 fully saturated rings. The number of hydrogen-bond acceptors (Lipinski definition) is 3. The van der Waals surface area contributed by atoms with E-state index in [4.69, 9.17) is 4.74 Å². The highest BCUT2D eigenvalue weighted by Crippen LogP contribution is 2.10. The SMILES string of the molecule is CN(C)C(=O)CN=C(NCCc1cccc(F)c1)NCC1CCOC1.I. The molecule has 1 aliphatic rings. The van der Waals surface area contributed by atoms with Crippen LogP contribution in [0.15, 0.2) is 29.3 Å². The second-order valence-electron chi connectivity index (χ2n) is 6.37. The monoisotopic (exact) mass is 478 g/mol. The second kappa shape index (κ2) is 12.1. The fourth-order valence-electron chi connectivity index (χ4n) is 2.47. The number of carbonyl (C=O) groups excluding carboxylic acids is 1. The summed E-state index contributed by atoms with van der Waals surface area (Å²) in [4.78, 5) is 17.6. The van der Waals surface area contributed by atoms with E-state index in [2.05, 4.69) is 15.6 Å².